The smallest absolute Gasteiger partial charge is 0.272 e. The fourth-order valence-electron chi connectivity index (χ4n) is 3.00. The number of anilines is 1. The Kier molecular flexibility index (Phi) is 6.09. The molecule has 0 radical (unpaired) electrons. The number of amides is 2. The van der Waals surface area contributed by atoms with Gasteiger partial charge >= 0.3 is 0 Å². The maximum absolute atomic E-state index is 13.3. The van der Waals surface area contributed by atoms with Crippen molar-refractivity contribution in [1.82, 2.24) is 0 Å². The second kappa shape index (κ2) is 8.54. The van der Waals surface area contributed by atoms with Gasteiger partial charge in [-0.2, -0.15) is 5.26 Å². The van der Waals surface area contributed by atoms with E-state index in [-0.39, 0.29) is 23.2 Å². The van der Waals surface area contributed by atoms with Gasteiger partial charge in [0.05, 0.1) is 33.9 Å². The second-order valence-corrected chi connectivity index (χ2v) is 8.75. The largest absolute Gasteiger partial charge is 0.491 e. The van der Waals surface area contributed by atoms with Crippen molar-refractivity contribution < 1.29 is 14.3 Å². The third-order valence-corrected chi connectivity index (χ3v) is 5.25. The number of ether oxygens (including phenoxy) is 1. The first-order valence-corrected chi connectivity index (χ1v) is 10.3. The van der Waals surface area contributed by atoms with Gasteiger partial charge in [-0.3, -0.25) is 9.59 Å². The Morgan fingerprint density at radius 2 is 1.55 bits per heavy atom. The highest BCUT2D eigenvalue weighted by molar-refractivity contribution is 8.04. The summed E-state index contributed by atoms with van der Waals surface area (Å²) < 4.78 is 5.67. The lowest BCUT2D eigenvalue weighted by atomic mass is 10.1. The summed E-state index contributed by atoms with van der Waals surface area (Å²) in [6.07, 6.45) is 0.0497. The van der Waals surface area contributed by atoms with Crippen LogP contribution < -0.4 is 9.64 Å². The normalized spacial score (nSPS) is 14.2. The average Bonchev–Trinajstić information content (AvgIpc) is 2.91. The highest BCUT2D eigenvalue weighted by Gasteiger charge is 2.40. The van der Waals surface area contributed by atoms with Crippen molar-refractivity contribution in [3.63, 3.8) is 0 Å². The van der Waals surface area contributed by atoms with E-state index in [9.17, 15) is 9.59 Å². The first-order chi connectivity index (χ1) is 13.8. The van der Waals surface area contributed by atoms with E-state index in [1.165, 1.54) is 16.7 Å². The van der Waals surface area contributed by atoms with Crippen LogP contribution in [0, 0.1) is 11.3 Å². The van der Waals surface area contributed by atoms with Crippen LogP contribution in [0.4, 0.5) is 5.69 Å². The summed E-state index contributed by atoms with van der Waals surface area (Å²) in [7, 11) is 0. The van der Waals surface area contributed by atoms with Crippen molar-refractivity contribution in [2.24, 2.45) is 0 Å². The Morgan fingerprint density at radius 1 is 0.931 bits per heavy atom. The van der Waals surface area contributed by atoms with E-state index in [0.717, 1.165) is 0 Å². The van der Waals surface area contributed by atoms with Crippen LogP contribution in [-0.2, 0) is 9.59 Å². The first kappa shape index (κ1) is 20.7. The number of nitriles is 1. The molecule has 1 aliphatic rings. The zero-order valence-electron chi connectivity index (χ0n) is 16.8. The fourth-order valence-corrected chi connectivity index (χ4v) is 3.99. The zero-order chi connectivity index (χ0) is 21.1. The molecule has 148 valence electrons. The number of rotatable bonds is 6. The van der Waals surface area contributed by atoms with Crippen LogP contribution >= 0.6 is 11.8 Å². The van der Waals surface area contributed by atoms with Gasteiger partial charge in [0.15, 0.2) is 0 Å². The van der Waals surface area contributed by atoms with E-state index in [2.05, 4.69) is 0 Å². The highest BCUT2D eigenvalue weighted by Crippen LogP contribution is 2.40. The van der Waals surface area contributed by atoms with Crippen molar-refractivity contribution in [3.05, 3.63) is 64.6 Å². The molecule has 0 saturated heterocycles. The first-order valence-electron chi connectivity index (χ1n) is 9.38. The summed E-state index contributed by atoms with van der Waals surface area (Å²) in [4.78, 5) is 28.0. The van der Waals surface area contributed by atoms with Gasteiger partial charge in [-0.1, -0.05) is 26.0 Å². The molecule has 0 aromatic heterocycles. The SMILES string of the molecule is CC(C)Oc1ccc(C2=C(SC(C)C)C(=O)N(c3ccc(C#N)cc3)C2=O)cc1. The molecule has 5 nitrogen and oxygen atoms in total. The van der Waals surface area contributed by atoms with Crippen LogP contribution in [0.25, 0.3) is 5.57 Å². The highest BCUT2D eigenvalue weighted by atomic mass is 32.2. The van der Waals surface area contributed by atoms with Gasteiger partial charge in [-0.05, 0) is 55.8 Å². The molecule has 29 heavy (non-hydrogen) atoms. The summed E-state index contributed by atoms with van der Waals surface area (Å²) in [6, 6.07) is 15.7. The Bertz CT molecular complexity index is 1000. The lowest BCUT2D eigenvalue weighted by molar-refractivity contribution is -0.119. The number of hydrogen-bond acceptors (Lipinski definition) is 5. The Labute approximate surface area is 175 Å². The summed E-state index contributed by atoms with van der Waals surface area (Å²) in [5.41, 5.74) is 2.00. The Morgan fingerprint density at radius 3 is 2.07 bits per heavy atom. The number of carbonyl (C=O) groups is 2. The quantitative estimate of drug-likeness (QED) is 0.646. The molecule has 0 spiro atoms. The van der Waals surface area contributed by atoms with E-state index >= 15 is 0 Å². The van der Waals surface area contributed by atoms with Crippen LogP contribution in [0.5, 0.6) is 5.75 Å². The predicted molar refractivity (Wildman–Crippen MR) is 116 cm³/mol. The molecule has 0 N–H and O–H groups in total. The van der Waals surface area contributed by atoms with Gasteiger partial charge in [0, 0.05) is 5.25 Å². The molecule has 1 heterocycles. The molecule has 0 fully saturated rings. The van der Waals surface area contributed by atoms with E-state index in [4.69, 9.17) is 10.00 Å². The molecule has 3 rings (SSSR count). The molecule has 0 aliphatic carbocycles. The number of hydrogen-bond donors (Lipinski definition) is 0. The Balaban J connectivity index is 2.01. The van der Waals surface area contributed by atoms with Crippen molar-refractivity contribution in [2.45, 2.75) is 39.0 Å². The van der Waals surface area contributed by atoms with Gasteiger partial charge in [-0.25, -0.2) is 4.90 Å². The van der Waals surface area contributed by atoms with Crippen LogP contribution in [0.2, 0.25) is 0 Å². The van der Waals surface area contributed by atoms with Gasteiger partial charge in [0.1, 0.15) is 5.75 Å². The minimum absolute atomic E-state index is 0.0497. The molecule has 0 unspecified atom stereocenters. The monoisotopic (exact) mass is 406 g/mol. The molecule has 6 heteroatoms. The lowest BCUT2D eigenvalue weighted by Gasteiger charge is -2.15. The maximum atomic E-state index is 13.3. The molecule has 2 amide bonds. The summed E-state index contributed by atoms with van der Waals surface area (Å²) >= 11 is 1.38. The van der Waals surface area contributed by atoms with Crippen molar-refractivity contribution >= 4 is 34.8 Å². The van der Waals surface area contributed by atoms with Gasteiger partial charge in [0.25, 0.3) is 11.8 Å². The van der Waals surface area contributed by atoms with Crippen LogP contribution in [0.1, 0.15) is 38.8 Å². The van der Waals surface area contributed by atoms with Crippen LogP contribution in [0.15, 0.2) is 53.4 Å². The van der Waals surface area contributed by atoms with E-state index in [1.807, 2.05) is 45.9 Å². The van der Waals surface area contributed by atoms with Gasteiger partial charge < -0.3 is 4.74 Å². The molecule has 2 aromatic carbocycles. The van der Waals surface area contributed by atoms with E-state index in [0.29, 0.717) is 33.0 Å². The third kappa shape index (κ3) is 4.36. The van der Waals surface area contributed by atoms with Crippen LogP contribution in [-0.4, -0.2) is 23.2 Å². The fraction of sp³-hybridized carbons (Fsp3) is 0.261. The molecule has 1 aliphatic heterocycles. The maximum Gasteiger partial charge on any atom is 0.272 e. The molecule has 0 saturated carbocycles. The van der Waals surface area contributed by atoms with Crippen molar-refractivity contribution in [3.8, 4) is 11.8 Å². The molecular weight excluding hydrogens is 384 g/mol. The second-order valence-electron chi connectivity index (χ2n) is 7.17. The zero-order valence-corrected chi connectivity index (χ0v) is 17.6. The third-order valence-electron chi connectivity index (χ3n) is 4.16. The summed E-state index contributed by atoms with van der Waals surface area (Å²) in [6.45, 7) is 7.86. The van der Waals surface area contributed by atoms with E-state index < -0.39 is 0 Å². The lowest BCUT2D eigenvalue weighted by Crippen LogP contribution is -2.31. The minimum Gasteiger partial charge on any atom is -0.491 e. The molecular formula is C23H22N2O3S. The average molecular weight is 407 g/mol. The predicted octanol–water partition coefficient (Wildman–Crippen LogP) is 4.77. The van der Waals surface area contributed by atoms with Gasteiger partial charge in [-0.15, -0.1) is 11.8 Å². The summed E-state index contributed by atoms with van der Waals surface area (Å²) in [5.74, 6) is 0.0134. The number of benzene rings is 2. The van der Waals surface area contributed by atoms with Crippen molar-refractivity contribution in [2.75, 3.05) is 4.90 Å². The standard InChI is InChI=1S/C23H22N2O3S/c1-14(2)28-19-11-7-17(8-12-19)20-21(29-15(3)4)23(27)25(22(20)26)18-9-5-16(13-24)6-10-18/h5-12,14-15H,1-4H3. The molecule has 0 atom stereocenters. The van der Waals surface area contributed by atoms with Gasteiger partial charge in [0.2, 0.25) is 0 Å². The van der Waals surface area contributed by atoms with Crippen molar-refractivity contribution in [1.29, 1.82) is 5.26 Å². The summed E-state index contributed by atoms with van der Waals surface area (Å²) in [5, 5.41) is 9.13. The topological polar surface area (TPSA) is 70.4 Å². The number of carbonyl (C=O) groups excluding carboxylic acids is 2. The van der Waals surface area contributed by atoms with Crippen LogP contribution in [0.3, 0.4) is 0 Å². The Hall–Kier alpha value is -3.04. The molecule has 0 bridgehead atoms. The minimum atomic E-state index is -0.361. The number of thioether (sulfide) groups is 1. The molecule has 2 aromatic rings. The number of imide groups is 1. The number of nitrogens with zero attached hydrogens (tertiary/aromatic N) is 2. The van der Waals surface area contributed by atoms with E-state index in [1.54, 1.807) is 36.4 Å².